The summed E-state index contributed by atoms with van der Waals surface area (Å²) in [6.07, 6.45) is 3.90. The molecule has 2 bridgehead atoms. The molecule has 1 unspecified atom stereocenters. The van der Waals surface area contributed by atoms with Crippen LogP contribution >= 0.6 is 0 Å². The van der Waals surface area contributed by atoms with Crippen molar-refractivity contribution in [3.05, 3.63) is 36.2 Å². The topological polar surface area (TPSA) is 75.9 Å². The smallest absolute Gasteiger partial charge is 0.251 e. The van der Waals surface area contributed by atoms with E-state index >= 15 is 0 Å². The number of nitrogens with one attached hydrogen (secondary N) is 1. The van der Waals surface area contributed by atoms with E-state index in [0.29, 0.717) is 11.5 Å². The number of hydrogen-bond donors (Lipinski definition) is 1. The summed E-state index contributed by atoms with van der Waals surface area (Å²) in [5.74, 6) is 0.602. The van der Waals surface area contributed by atoms with Crippen molar-refractivity contribution in [1.29, 1.82) is 0 Å². The fourth-order valence-electron chi connectivity index (χ4n) is 3.45. The normalized spacial score (nSPS) is 26.8. The van der Waals surface area contributed by atoms with Gasteiger partial charge in [-0.3, -0.25) is 4.79 Å². The van der Waals surface area contributed by atoms with Crippen LogP contribution in [0.15, 0.2) is 30.6 Å². The molecule has 3 aliphatic rings. The Hall–Kier alpha value is -2.28. The molecule has 2 aromatic rings. The molecule has 0 radical (unpaired) electrons. The summed E-state index contributed by atoms with van der Waals surface area (Å²) in [5.41, 5.74) is 1.43. The first-order valence-corrected chi connectivity index (χ1v) is 7.66. The van der Waals surface area contributed by atoms with Crippen molar-refractivity contribution >= 4 is 5.91 Å². The van der Waals surface area contributed by atoms with Gasteiger partial charge in [0.15, 0.2) is 0 Å². The molecule has 3 saturated heterocycles. The summed E-state index contributed by atoms with van der Waals surface area (Å²) in [4.78, 5) is 15.0. The lowest BCUT2D eigenvalue weighted by molar-refractivity contribution is 0.0620. The van der Waals surface area contributed by atoms with Crippen LogP contribution in [0.3, 0.4) is 0 Å². The van der Waals surface area contributed by atoms with Crippen molar-refractivity contribution in [2.45, 2.75) is 18.9 Å². The molecular formula is C15H18N6O. The number of rotatable bonds is 3. The van der Waals surface area contributed by atoms with Gasteiger partial charge in [-0.1, -0.05) is 6.07 Å². The molecule has 0 aliphatic carbocycles. The number of aromatic nitrogens is 4. The highest BCUT2D eigenvalue weighted by Gasteiger charge is 2.34. The maximum Gasteiger partial charge on any atom is 0.251 e. The monoisotopic (exact) mass is 298 g/mol. The maximum absolute atomic E-state index is 12.5. The van der Waals surface area contributed by atoms with Gasteiger partial charge in [0.05, 0.1) is 5.69 Å². The Kier molecular flexibility index (Phi) is 3.34. The van der Waals surface area contributed by atoms with Gasteiger partial charge in [0.2, 0.25) is 0 Å². The Morgan fingerprint density at radius 2 is 2.14 bits per heavy atom. The van der Waals surface area contributed by atoms with Crippen molar-refractivity contribution in [2.24, 2.45) is 5.92 Å². The molecule has 3 aliphatic heterocycles. The number of carbonyl (C=O) groups excluding carboxylic acids is 1. The summed E-state index contributed by atoms with van der Waals surface area (Å²) >= 11 is 0. The Morgan fingerprint density at radius 1 is 1.27 bits per heavy atom. The molecule has 1 atom stereocenters. The fourth-order valence-corrected chi connectivity index (χ4v) is 3.45. The van der Waals surface area contributed by atoms with E-state index in [-0.39, 0.29) is 11.9 Å². The van der Waals surface area contributed by atoms with E-state index in [0.717, 1.165) is 12.2 Å². The first-order chi connectivity index (χ1) is 10.8. The van der Waals surface area contributed by atoms with Gasteiger partial charge in [0, 0.05) is 18.2 Å². The number of piperidine rings is 3. The molecule has 5 rings (SSSR count). The largest absolute Gasteiger partial charge is 0.348 e. The van der Waals surface area contributed by atoms with Crippen molar-refractivity contribution in [3.8, 4) is 5.69 Å². The van der Waals surface area contributed by atoms with Crippen molar-refractivity contribution in [1.82, 2.24) is 30.4 Å². The van der Waals surface area contributed by atoms with Crippen LogP contribution in [0.5, 0.6) is 0 Å². The van der Waals surface area contributed by atoms with Crippen LogP contribution in [0.1, 0.15) is 23.2 Å². The molecule has 1 N–H and O–H groups in total. The van der Waals surface area contributed by atoms with Gasteiger partial charge in [0.25, 0.3) is 5.91 Å². The van der Waals surface area contributed by atoms with Crippen LogP contribution in [0.2, 0.25) is 0 Å². The first kappa shape index (κ1) is 13.4. The van der Waals surface area contributed by atoms with E-state index < -0.39 is 0 Å². The summed E-state index contributed by atoms with van der Waals surface area (Å²) in [7, 11) is 0. The van der Waals surface area contributed by atoms with Gasteiger partial charge < -0.3 is 10.2 Å². The first-order valence-electron chi connectivity index (χ1n) is 7.66. The van der Waals surface area contributed by atoms with Gasteiger partial charge in [0.1, 0.15) is 6.33 Å². The molecule has 114 valence electrons. The van der Waals surface area contributed by atoms with Crippen LogP contribution in [-0.2, 0) is 0 Å². The standard InChI is InChI=1S/C15H18N6O/c22-15(17-14-9-20-6-4-11(14)5-7-20)12-2-1-3-13(8-12)21-10-16-18-19-21/h1-3,8,10-11,14H,4-7,9H2,(H,17,22). The Bertz CT molecular complexity index is 662. The molecule has 1 aromatic carbocycles. The molecule has 0 spiro atoms. The van der Waals surface area contributed by atoms with Crippen LogP contribution in [0.4, 0.5) is 0 Å². The zero-order valence-corrected chi connectivity index (χ0v) is 12.2. The third kappa shape index (κ3) is 2.48. The number of hydrogen-bond acceptors (Lipinski definition) is 5. The molecule has 1 amide bonds. The Labute approximate surface area is 128 Å². The van der Waals surface area contributed by atoms with E-state index in [1.807, 2.05) is 24.3 Å². The lowest BCUT2D eigenvalue weighted by Gasteiger charge is -2.44. The van der Waals surface area contributed by atoms with Gasteiger partial charge in [-0.2, -0.15) is 0 Å². The number of amides is 1. The van der Waals surface area contributed by atoms with Gasteiger partial charge in [-0.05, 0) is 60.5 Å². The number of fused-ring (bicyclic) bond motifs is 3. The minimum Gasteiger partial charge on any atom is -0.348 e. The minimum atomic E-state index is -0.0197. The summed E-state index contributed by atoms with van der Waals surface area (Å²) in [5, 5.41) is 14.3. The zero-order valence-electron chi connectivity index (χ0n) is 12.2. The van der Waals surface area contributed by atoms with Crippen LogP contribution < -0.4 is 5.32 Å². The van der Waals surface area contributed by atoms with Crippen LogP contribution in [0.25, 0.3) is 5.69 Å². The van der Waals surface area contributed by atoms with Gasteiger partial charge in [-0.15, -0.1) is 5.10 Å². The number of benzene rings is 1. The molecular weight excluding hydrogens is 280 g/mol. The van der Waals surface area contributed by atoms with E-state index in [2.05, 4.69) is 25.7 Å². The summed E-state index contributed by atoms with van der Waals surface area (Å²) in [6.45, 7) is 3.32. The highest BCUT2D eigenvalue weighted by Crippen LogP contribution is 2.27. The lowest BCUT2D eigenvalue weighted by Crippen LogP contribution is -2.57. The Balaban J connectivity index is 1.50. The number of tetrazole rings is 1. The minimum absolute atomic E-state index is 0.0197. The zero-order chi connectivity index (χ0) is 14.9. The SMILES string of the molecule is O=C(NC1CN2CCC1CC2)c1cccc(-n2cnnn2)c1. The second kappa shape index (κ2) is 5.49. The predicted octanol–water partition coefficient (Wildman–Crippen LogP) is 0.486. The lowest BCUT2D eigenvalue weighted by atomic mass is 9.84. The third-order valence-electron chi connectivity index (χ3n) is 4.69. The highest BCUT2D eigenvalue weighted by atomic mass is 16.1. The average Bonchev–Trinajstić information content (AvgIpc) is 3.11. The molecule has 22 heavy (non-hydrogen) atoms. The van der Waals surface area contributed by atoms with Crippen LogP contribution in [0, 0.1) is 5.92 Å². The van der Waals surface area contributed by atoms with Crippen molar-refractivity contribution in [3.63, 3.8) is 0 Å². The van der Waals surface area contributed by atoms with Crippen molar-refractivity contribution in [2.75, 3.05) is 19.6 Å². The number of nitrogens with zero attached hydrogens (tertiary/aromatic N) is 5. The average molecular weight is 298 g/mol. The molecule has 3 fully saturated rings. The Morgan fingerprint density at radius 3 is 2.82 bits per heavy atom. The number of carbonyl (C=O) groups is 1. The van der Waals surface area contributed by atoms with Gasteiger partial charge in [-0.25, -0.2) is 4.68 Å². The van der Waals surface area contributed by atoms with E-state index in [4.69, 9.17) is 0 Å². The molecule has 7 nitrogen and oxygen atoms in total. The maximum atomic E-state index is 12.5. The quantitative estimate of drug-likeness (QED) is 0.892. The van der Waals surface area contributed by atoms with E-state index in [1.165, 1.54) is 32.3 Å². The molecule has 7 heteroatoms. The molecule has 1 aromatic heterocycles. The summed E-state index contributed by atoms with van der Waals surface area (Å²) in [6, 6.07) is 7.63. The van der Waals surface area contributed by atoms with E-state index in [9.17, 15) is 4.79 Å². The van der Waals surface area contributed by atoms with E-state index in [1.54, 1.807) is 4.68 Å². The summed E-state index contributed by atoms with van der Waals surface area (Å²) < 4.78 is 1.55. The van der Waals surface area contributed by atoms with Gasteiger partial charge >= 0.3 is 0 Å². The second-order valence-corrected chi connectivity index (χ2v) is 6.02. The third-order valence-corrected chi connectivity index (χ3v) is 4.69. The highest BCUT2D eigenvalue weighted by molar-refractivity contribution is 5.95. The second-order valence-electron chi connectivity index (χ2n) is 6.02. The van der Waals surface area contributed by atoms with Crippen LogP contribution in [-0.4, -0.2) is 56.7 Å². The molecule has 0 saturated carbocycles. The predicted molar refractivity (Wildman–Crippen MR) is 79.6 cm³/mol. The molecule has 4 heterocycles. The van der Waals surface area contributed by atoms with Crippen molar-refractivity contribution < 1.29 is 4.79 Å². The fraction of sp³-hybridized carbons (Fsp3) is 0.467.